The number of carbonyl (C=O) groups excluding carboxylic acids is 3. The minimum absolute atomic E-state index is 0.00890. The Morgan fingerprint density at radius 3 is 1.92 bits per heavy atom. The van der Waals surface area contributed by atoms with E-state index in [1.807, 2.05) is 0 Å². The van der Waals surface area contributed by atoms with Crippen LogP contribution in [0.3, 0.4) is 0 Å². The van der Waals surface area contributed by atoms with Crippen molar-refractivity contribution >= 4 is 23.6 Å². The van der Waals surface area contributed by atoms with Crippen LogP contribution in [0, 0.1) is 12.7 Å². The van der Waals surface area contributed by atoms with Gasteiger partial charge in [0.25, 0.3) is 0 Å². The summed E-state index contributed by atoms with van der Waals surface area (Å²) < 4.78 is 102. The maximum absolute atomic E-state index is 14.2. The Morgan fingerprint density at radius 1 is 0.880 bits per heavy atom. The molecule has 1 aliphatic rings. The average Bonchev–Trinajstić information content (AvgIpc) is 3.21. The van der Waals surface area contributed by atoms with Crippen LogP contribution in [-0.2, 0) is 32.1 Å². The van der Waals surface area contributed by atoms with Crippen LogP contribution in [0.4, 0.5) is 41.2 Å². The van der Waals surface area contributed by atoms with Crippen molar-refractivity contribution in [3.05, 3.63) is 82.4 Å². The second kappa shape index (κ2) is 12.7. The number of likely N-dealkylation sites (tertiary alicyclic amines) is 1. The van der Waals surface area contributed by atoms with E-state index in [-0.39, 0.29) is 18.2 Å². The van der Waals surface area contributed by atoms with Crippen LogP contribution in [-0.4, -0.2) is 46.0 Å². The van der Waals surface area contributed by atoms with E-state index < -0.39 is 75.2 Å². The van der Waals surface area contributed by atoms with Crippen LogP contribution in [0.5, 0.6) is 0 Å². The molecule has 1 aromatic heterocycles. The number of rotatable bonds is 5. The second-order valence-corrected chi connectivity index (χ2v) is 14.5. The number of aryl methyl sites for hydroxylation is 1. The molecule has 0 spiro atoms. The van der Waals surface area contributed by atoms with Crippen LogP contribution >= 0.6 is 0 Å². The number of benzene rings is 2. The number of halogens is 7. The number of alkyl halides is 6. The molecule has 0 aliphatic carbocycles. The van der Waals surface area contributed by atoms with Crippen molar-refractivity contribution in [2.45, 2.75) is 96.6 Å². The molecule has 1 fully saturated rings. The van der Waals surface area contributed by atoms with E-state index in [2.05, 4.69) is 4.98 Å². The Labute approximate surface area is 285 Å². The fraction of sp³-hybridized carbons (Fsp3) is 0.444. The van der Waals surface area contributed by atoms with Gasteiger partial charge in [0.15, 0.2) is 0 Å². The van der Waals surface area contributed by atoms with Crippen LogP contribution in [0.1, 0.15) is 88.8 Å². The van der Waals surface area contributed by atoms with Gasteiger partial charge in [0, 0.05) is 30.6 Å². The summed E-state index contributed by atoms with van der Waals surface area (Å²) in [5.41, 5.74) is -5.94. The fourth-order valence-electron chi connectivity index (χ4n) is 6.14. The molecule has 14 heteroatoms. The first kappa shape index (κ1) is 38.3. The highest BCUT2D eigenvalue weighted by Crippen LogP contribution is 2.46. The number of likely N-dealkylation sites (N-methyl/N-ethyl adjacent to an activating group) is 1. The molecule has 270 valence electrons. The van der Waals surface area contributed by atoms with Gasteiger partial charge >= 0.3 is 18.4 Å². The molecule has 0 N–H and O–H groups in total. The van der Waals surface area contributed by atoms with Crippen molar-refractivity contribution in [2.24, 2.45) is 0 Å². The monoisotopic (exact) mass is 709 g/mol. The summed E-state index contributed by atoms with van der Waals surface area (Å²) in [5, 5.41) is 0. The predicted molar refractivity (Wildman–Crippen MR) is 172 cm³/mol. The van der Waals surface area contributed by atoms with Crippen molar-refractivity contribution in [2.75, 3.05) is 11.9 Å². The van der Waals surface area contributed by atoms with E-state index in [1.165, 1.54) is 45.3 Å². The minimum Gasteiger partial charge on any atom is -0.443 e. The number of carbonyl (C=O) groups is 3. The van der Waals surface area contributed by atoms with E-state index in [0.717, 1.165) is 9.80 Å². The second-order valence-electron chi connectivity index (χ2n) is 14.5. The zero-order chi connectivity index (χ0) is 37.9. The van der Waals surface area contributed by atoms with Crippen LogP contribution < -0.4 is 4.90 Å². The van der Waals surface area contributed by atoms with E-state index in [1.54, 1.807) is 47.6 Å². The highest BCUT2D eigenvalue weighted by molar-refractivity contribution is 6.03. The quantitative estimate of drug-likeness (QED) is 0.247. The molecule has 4 rings (SSSR count). The Bertz CT molecular complexity index is 1810. The maximum Gasteiger partial charge on any atom is 0.417 e. The molecule has 1 unspecified atom stereocenters. The normalized spacial score (nSPS) is 16.8. The molecule has 2 aromatic carbocycles. The van der Waals surface area contributed by atoms with Crippen LogP contribution in [0.2, 0.25) is 0 Å². The van der Waals surface area contributed by atoms with Crippen molar-refractivity contribution in [3.8, 4) is 11.1 Å². The van der Waals surface area contributed by atoms with Gasteiger partial charge in [-0.15, -0.1) is 0 Å². The lowest BCUT2D eigenvalue weighted by molar-refractivity contribution is -0.143. The van der Waals surface area contributed by atoms with Crippen molar-refractivity contribution in [3.63, 3.8) is 0 Å². The Balaban J connectivity index is 1.85. The van der Waals surface area contributed by atoms with Gasteiger partial charge in [-0.3, -0.25) is 14.6 Å². The van der Waals surface area contributed by atoms with Gasteiger partial charge in [0.1, 0.15) is 11.4 Å². The highest BCUT2D eigenvalue weighted by Gasteiger charge is 2.52. The van der Waals surface area contributed by atoms with Crippen molar-refractivity contribution in [1.29, 1.82) is 0 Å². The third kappa shape index (κ3) is 7.48. The largest absolute Gasteiger partial charge is 0.443 e. The van der Waals surface area contributed by atoms with Crippen molar-refractivity contribution in [1.82, 2.24) is 9.88 Å². The highest BCUT2D eigenvalue weighted by atomic mass is 19.4. The lowest BCUT2D eigenvalue weighted by Gasteiger charge is -2.35. The summed E-state index contributed by atoms with van der Waals surface area (Å²) in [4.78, 5) is 47.0. The van der Waals surface area contributed by atoms with Gasteiger partial charge in [0.05, 0.1) is 34.0 Å². The Morgan fingerprint density at radius 2 is 1.42 bits per heavy atom. The molecule has 7 nitrogen and oxygen atoms in total. The number of hydrogen-bond acceptors (Lipinski definition) is 5. The molecule has 0 saturated carbocycles. The van der Waals surface area contributed by atoms with Gasteiger partial charge in [-0.25, -0.2) is 14.1 Å². The maximum atomic E-state index is 14.2. The summed E-state index contributed by atoms with van der Waals surface area (Å²) in [5.74, 6) is -2.59. The van der Waals surface area contributed by atoms with E-state index >= 15 is 0 Å². The van der Waals surface area contributed by atoms with Gasteiger partial charge in [-0.05, 0) is 108 Å². The number of amides is 3. The summed E-state index contributed by atoms with van der Waals surface area (Å²) in [6, 6.07) is 6.50. The molecule has 3 amide bonds. The first-order valence-corrected chi connectivity index (χ1v) is 15.6. The zero-order valence-corrected chi connectivity index (χ0v) is 29.0. The van der Waals surface area contributed by atoms with E-state index in [0.29, 0.717) is 34.5 Å². The number of ether oxygens (including phenoxy) is 1. The average molecular weight is 710 g/mol. The molecule has 1 aliphatic heterocycles. The third-order valence-electron chi connectivity index (χ3n) is 8.88. The number of aromatic nitrogens is 1. The molecular formula is C36H38F7N3O4. The van der Waals surface area contributed by atoms with Gasteiger partial charge in [-0.2, -0.15) is 26.3 Å². The number of pyridine rings is 1. The SMILES string of the molecule is Cc1cc(F)ccc1-c1cc(C2CC(=O)N(C(=O)OC(C)(C)C)C2(C)C)ncc1N(C)C(=O)C(C)(C)c1cc(C(F)(F)F)cc(C(F)(F)F)c1. The number of anilines is 1. The molecule has 2 heterocycles. The zero-order valence-electron chi connectivity index (χ0n) is 29.0. The summed E-state index contributed by atoms with van der Waals surface area (Å²) in [6.07, 6.45) is -9.91. The minimum atomic E-state index is -5.12. The molecule has 3 aromatic rings. The number of imide groups is 1. The smallest absolute Gasteiger partial charge is 0.417 e. The first-order chi connectivity index (χ1) is 22.7. The standard InChI is InChI=1S/C36H38F7N3O4/c1-19-12-23(37)10-11-24(19)25-16-27(26-17-29(47)46(34(26,7)8)31(49)50-32(2,3)4)44-18-28(25)45(9)30(48)33(5,6)20-13-21(35(38,39)40)15-22(14-20)36(41,42)43/h10-16,18,26H,17H2,1-9H3. The summed E-state index contributed by atoms with van der Waals surface area (Å²) >= 11 is 0. The fourth-order valence-corrected chi connectivity index (χ4v) is 6.14. The summed E-state index contributed by atoms with van der Waals surface area (Å²) in [7, 11) is 1.30. The number of hydrogen-bond donors (Lipinski definition) is 0. The Hall–Kier alpha value is -4.49. The summed E-state index contributed by atoms with van der Waals surface area (Å²) in [6.45, 7) is 12.4. The van der Waals surface area contributed by atoms with E-state index in [9.17, 15) is 45.1 Å². The third-order valence-corrected chi connectivity index (χ3v) is 8.88. The number of nitrogens with zero attached hydrogens (tertiary/aromatic N) is 3. The molecule has 1 saturated heterocycles. The van der Waals surface area contributed by atoms with Gasteiger partial charge < -0.3 is 9.64 Å². The van der Waals surface area contributed by atoms with Crippen LogP contribution in [0.25, 0.3) is 11.1 Å². The lowest BCUT2D eigenvalue weighted by Crippen LogP contribution is -2.49. The molecule has 50 heavy (non-hydrogen) atoms. The molecule has 1 atom stereocenters. The molecule has 0 radical (unpaired) electrons. The lowest BCUT2D eigenvalue weighted by atomic mass is 9.81. The van der Waals surface area contributed by atoms with Gasteiger partial charge in [-0.1, -0.05) is 6.07 Å². The van der Waals surface area contributed by atoms with E-state index in [4.69, 9.17) is 4.74 Å². The predicted octanol–water partition coefficient (Wildman–Crippen LogP) is 9.20. The first-order valence-electron chi connectivity index (χ1n) is 15.6. The topological polar surface area (TPSA) is 79.8 Å². The van der Waals surface area contributed by atoms with Crippen LogP contribution in [0.15, 0.2) is 48.7 Å². The Kier molecular flexibility index (Phi) is 9.72. The molecule has 0 bridgehead atoms. The van der Waals surface area contributed by atoms with Gasteiger partial charge in [0.2, 0.25) is 11.8 Å². The van der Waals surface area contributed by atoms with Crippen molar-refractivity contribution < 1.29 is 49.9 Å². The molecular weight excluding hydrogens is 671 g/mol.